The zero-order valence-corrected chi connectivity index (χ0v) is 17.6. The van der Waals surface area contributed by atoms with Crippen LogP contribution in [-0.2, 0) is 0 Å². The molecule has 1 heterocycles. The molecule has 0 bridgehead atoms. The van der Waals surface area contributed by atoms with Crippen molar-refractivity contribution in [2.24, 2.45) is 0 Å². The number of benzene rings is 2. The highest BCUT2D eigenvalue weighted by molar-refractivity contribution is 5.59. The molecule has 0 N–H and O–H groups in total. The van der Waals surface area contributed by atoms with Crippen molar-refractivity contribution < 1.29 is 9.15 Å². The summed E-state index contributed by atoms with van der Waals surface area (Å²) in [6.07, 6.45) is 10.3. The molecule has 0 aliphatic heterocycles. The maximum absolute atomic E-state index is 8.89. The molecule has 0 radical (unpaired) electrons. The van der Waals surface area contributed by atoms with Gasteiger partial charge >= 0.3 is 0 Å². The monoisotopic (exact) mass is 403 g/mol. The van der Waals surface area contributed by atoms with E-state index in [2.05, 4.69) is 23.2 Å². The molecule has 0 aliphatic carbocycles. The van der Waals surface area contributed by atoms with Gasteiger partial charge in [-0.05, 0) is 55.0 Å². The number of unbranched alkanes of at least 4 members (excludes halogenated alkanes) is 7. The Labute approximate surface area is 178 Å². The normalized spacial score (nSPS) is 10.7. The van der Waals surface area contributed by atoms with E-state index >= 15 is 0 Å². The van der Waals surface area contributed by atoms with Gasteiger partial charge in [-0.3, -0.25) is 0 Å². The van der Waals surface area contributed by atoms with E-state index in [0.29, 0.717) is 17.3 Å². The van der Waals surface area contributed by atoms with Gasteiger partial charge < -0.3 is 9.15 Å². The zero-order valence-electron chi connectivity index (χ0n) is 17.6. The van der Waals surface area contributed by atoms with Crippen molar-refractivity contribution in [1.82, 2.24) is 10.2 Å². The van der Waals surface area contributed by atoms with Crippen LogP contribution in [0.1, 0.15) is 63.9 Å². The first-order valence-electron chi connectivity index (χ1n) is 10.9. The summed E-state index contributed by atoms with van der Waals surface area (Å²) in [6.45, 7) is 3.00. The molecule has 30 heavy (non-hydrogen) atoms. The summed E-state index contributed by atoms with van der Waals surface area (Å²) in [5, 5.41) is 17.1. The summed E-state index contributed by atoms with van der Waals surface area (Å²) in [5.41, 5.74) is 2.24. The first kappa shape index (κ1) is 21.6. The van der Waals surface area contributed by atoms with Gasteiger partial charge in [0.25, 0.3) is 0 Å². The molecule has 2 aromatic carbocycles. The second-order valence-corrected chi connectivity index (χ2v) is 7.45. The second-order valence-electron chi connectivity index (χ2n) is 7.45. The summed E-state index contributed by atoms with van der Waals surface area (Å²) in [6, 6.07) is 16.9. The third-order valence-electron chi connectivity index (χ3n) is 5.05. The summed E-state index contributed by atoms with van der Waals surface area (Å²) in [5.74, 6) is 1.75. The molecule has 3 aromatic rings. The van der Waals surface area contributed by atoms with Crippen LogP contribution >= 0.6 is 0 Å². The number of nitriles is 1. The number of aromatic nitrogens is 2. The highest BCUT2D eigenvalue weighted by atomic mass is 16.5. The molecule has 5 nitrogen and oxygen atoms in total. The van der Waals surface area contributed by atoms with Gasteiger partial charge in [0.15, 0.2) is 0 Å². The van der Waals surface area contributed by atoms with Crippen LogP contribution < -0.4 is 4.74 Å². The third-order valence-corrected chi connectivity index (χ3v) is 5.05. The molecule has 1 aromatic heterocycles. The predicted molar refractivity (Wildman–Crippen MR) is 118 cm³/mol. The molecule has 156 valence electrons. The van der Waals surface area contributed by atoms with Gasteiger partial charge in [0, 0.05) is 11.1 Å². The molecular weight excluding hydrogens is 374 g/mol. The molecule has 0 amide bonds. The van der Waals surface area contributed by atoms with Gasteiger partial charge in [-0.2, -0.15) is 5.26 Å². The maximum atomic E-state index is 8.89. The van der Waals surface area contributed by atoms with Crippen molar-refractivity contribution in [3.8, 4) is 34.7 Å². The lowest BCUT2D eigenvalue weighted by molar-refractivity contribution is 0.304. The van der Waals surface area contributed by atoms with Crippen molar-refractivity contribution in [2.45, 2.75) is 58.3 Å². The number of rotatable bonds is 12. The summed E-state index contributed by atoms with van der Waals surface area (Å²) in [7, 11) is 0. The third kappa shape index (κ3) is 6.45. The Bertz CT molecular complexity index is 924. The number of ether oxygens (including phenoxy) is 1. The number of nitrogens with zero attached hydrogens (tertiary/aromatic N) is 3. The lowest BCUT2D eigenvalue weighted by Gasteiger charge is -2.06. The second kappa shape index (κ2) is 11.8. The summed E-state index contributed by atoms with van der Waals surface area (Å²) < 4.78 is 11.6. The molecular formula is C25H29N3O2. The predicted octanol–water partition coefficient (Wildman–Crippen LogP) is 6.79. The lowest BCUT2D eigenvalue weighted by atomic mass is 10.1. The van der Waals surface area contributed by atoms with E-state index in [-0.39, 0.29) is 0 Å². The van der Waals surface area contributed by atoms with Crippen LogP contribution in [0, 0.1) is 11.3 Å². The Morgan fingerprint density at radius 1 is 0.767 bits per heavy atom. The highest BCUT2D eigenvalue weighted by Crippen LogP contribution is 2.25. The van der Waals surface area contributed by atoms with E-state index in [1.807, 2.05) is 24.3 Å². The summed E-state index contributed by atoms with van der Waals surface area (Å²) in [4.78, 5) is 0. The van der Waals surface area contributed by atoms with Crippen molar-refractivity contribution in [3.63, 3.8) is 0 Å². The fourth-order valence-corrected chi connectivity index (χ4v) is 3.26. The van der Waals surface area contributed by atoms with Crippen molar-refractivity contribution >= 4 is 0 Å². The minimum Gasteiger partial charge on any atom is -0.494 e. The Balaban J connectivity index is 1.43. The Morgan fingerprint density at radius 3 is 1.87 bits per heavy atom. The van der Waals surface area contributed by atoms with Crippen LogP contribution in [0.25, 0.3) is 22.9 Å². The van der Waals surface area contributed by atoms with Gasteiger partial charge in [0.1, 0.15) is 5.75 Å². The van der Waals surface area contributed by atoms with Crippen LogP contribution in [0.3, 0.4) is 0 Å². The molecule has 0 saturated heterocycles. The average Bonchev–Trinajstić information content (AvgIpc) is 3.29. The quantitative estimate of drug-likeness (QED) is 0.311. The average molecular weight is 404 g/mol. The summed E-state index contributed by atoms with van der Waals surface area (Å²) >= 11 is 0. The van der Waals surface area contributed by atoms with E-state index in [0.717, 1.165) is 29.9 Å². The van der Waals surface area contributed by atoms with Crippen molar-refractivity contribution in [3.05, 3.63) is 54.1 Å². The molecule has 5 heteroatoms. The SMILES string of the molecule is CCCCCCCCCCOc1ccc(-c2nnc(-c3ccc(C#N)cc3)o2)cc1. The minimum atomic E-state index is 0.435. The molecule has 0 unspecified atom stereocenters. The zero-order chi connectivity index (χ0) is 21.0. The molecule has 0 spiro atoms. The van der Waals surface area contributed by atoms with Gasteiger partial charge in [-0.15, -0.1) is 10.2 Å². The Hall–Kier alpha value is -3.13. The standard InChI is InChI=1S/C25H29N3O2/c1-2-3-4-5-6-7-8-9-18-29-23-16-14-22(15-17-23)25-28-27-24(30-25)21-12-10-20(19-26)11-13-21/h10-17H,2-9,18H2,1H3. The smallest absolute Gasteiger partial charge is 0.248 e. The largest absolute Gasteiger partial charge is 0.494 e. The molecule has 3 rings (SSSR count). The van der Waals surface area contributed by atoms with Crippen LogP contribution in [0.4, 0.5) is 0 Å². The molecule has 0 saturated carbocycles. The van der Waals surface area contributed by atoms with E-state index in [1.54, 1.807) is 24.3 Å². The van der Waals surface area contributed by atoms with Crippen molar-refractivity contribution in [2.75, 3.05) is 6.61 Å². The van der Waals surface area contributed by atoms with Crippen LogP contribution in [0.5, 0.6) is 5.75 Å². The number of hydrogen-bond donors (Lipinski definition) is 0. The number of hydrogen-bond acceptors (Lipinski definition) is 5. The van der Waals surface area contributed by atoms with E-state index in [1.165, 1.54) is 44.9 Å². The first-order valence-corrected chi connectivity index (χ1v) is 10.9. The van der Waals surface area contributed by atoms with Crippen LogP contribution in [-0.4, -0.2) is 16.8 Å². The first-order chi connectivity index (χ1) is 14.8. The van der Waals surface area contributed by atoms with Gasteiger partial charge in [0.05, 0.1) is 18.2 Å². The molecule has 0 atom stereocenters. The van der Waals surface area contributed by atoms with Crippen LogP contribution in [0.2, 0.25) is 0 Å². The highest BCUT2D eigenvalue weighted by Gasteiger charge is 2.10. The fraction of sp³-hybridized carbons (Fsp3) is 0.400. The Kier molecular flexibility index (Phi) is 8.47. The minimum absolute atomic E-state index is 0.435. The van der Waals surface area contributed by atoms with E-state index in [4.69, 9.17) is 14.4 Å². The van der Waals surface area contributed by atoms with E-state index < -0.39 is 0 Å². The fourth-order valence-electron chi connectivity index (χ4n) is 3.26. The maximum Gasteiger partial charge on any atom is 0.248 e. The van der Waals surface area contributed by atoms with Crippen LogP contribution in [0.15, 0.2) is 52.9 Å². The van der Waals surface area contributed by atoms with Gasteiger partial charge in [-0.1, -0.05) is 51.9 Å². The van der Waals surface area contributed by atoms with Gasteiger partial charge in [0.2, 0.25) is 11.8 Å². The topological polar surface area (TPSA) is 71.9 Å². The lowest BCUT2D eigenvalue weighted by Crippen LogP contribution is -1.97. The Morgan fingerprint density at radius 2 is 1.30 bits per heavy atom. The van der Waals surface area contributed by atoms with E-state index in [9.17, 15) is 0 Å². The molecule has 0 aliphatic rings. The van der Waals surface area contributed by atoms with Crippen molar-refractivity contribution in [1.29, 1.82) is 5.26 Å². The van der Waals surface area contributed by atoms with Gasteiger partial charge in [-0.25, -0.2) is 0 Å². The molecule has 0 fully saturated rings.